The minimum Gasteiger partial charge on any atom is -0.508 e. The molecule has 0 aromatic rings. The summed E-state index contributed by atoms with van der Waals surface area (Å²) in [5.74, 6) is 1.19. The molecule has 8 atom stereocenters. The van der Waals surface area contributed by atoms with Crippen molar-refractivity contribution in [1.82, 2.24) is 0 Å². The van der Waals surface area contributed by atoms with Gasteiger partial charge in [0.05, 0.1) is 12.2 Å². The molecule has 120 valence electrons. The smallest absolute Gasteiger partial charge is 0.115 e. The molecule has 0 heterocycles. The van der Waals surface area contributed by atoms with Crippen molar-refractivity contribution in [2.75, 3.05) is 0 Å². The van der Waals surface area contributed by atoms with Gasteiger partial charge in [0.25, 0.3) is 0 Å². The number of allylic oxidation sites excluding steroid dienone is 5. The molecule has 0 saturated heterocycles. The summed E-state index contributed by atoms with van der Waals surface area (Å²) in [7, 11) is 0. The molecule has 0 spiro atoms. The summed E-state index contributed by atoms with van der Waals surface area (Å²) < 4.78 is 0. The third kappa shape index (κ3) is 1.75. The van der Waals surface area contributed by atoms with Gasteiger partial charge in [-0.3, -0.25) is 0 Å². The first-order valence-corrected chi connectivity index (χ1v) is 8.26. The van der Waals surface area contributed by atoms with E-state index in [1.54, 1.807) is 6.08 Å². The van der Waals surface area contributed by atoms with Crippen molar-refractivity contribution >= 4 is 0 Å². The van der Waals surface area contributed by atoms with E-state index >= 15 is 0 Å². The highest BCUT2D eigenvalue weighted by molar-refractivity contribution is 5.39. The van der Waals surface area contributed by atoms with E-state index in [9.17, 15) is 20.4 Å². The Balaban J connectivity index is 1.71. The molecule has 0 unspecified atom stereocenters. The van der Waals surface area contributed by atoms with Crippen LogP contribution in [0.2, 0.25) is 0 Å². The average Bonchev–Trinajstić information content (AvgIpc) is 2.68. The summed E-state index contributed by atoms with van der Waals surface area (Å²) in [6.07, 6.45) is 7.72. The summed E-state index contributed by atoms with van der Waals surface area (Å²) in [4.78, 5) is 0. The zero-order chi connectivity index (χ0) is 15.6. The number of rotatable bonds is 0. The Hall–Kier alpha value is -1.10. The van der Waals surface area contributed by atoms with E-state index in [-0.39, 0.29) is 17.8 Å². The molecule has 0 bridgehead atoms. The van der Waals surface area contributed by atoms with Crippen molar-refractivity contribution in [3.8, 4) is 0 Å². The normalized spacial score (nSPS) is 53.2. The largest absolute Gasteiger partial charge is 0.508 e. The lowest BCUT2D eigenvalue weighted by molar-refractivity contribution is -0.0638. The Labute approximate surface area is 130 Å². The monoisotopic (exact) mass is 304 g/mol. The second-order valence-electron chi connectivity index (χ2n) is 7.72. The van der Waals surface area contributed by atoms with E-state index in [1.807, 2.05) is 13.0 Å². The minimum absolute atomic E-state index is 0.0676. The Kier molecular flexibility index (Phi) is 3.09. The second-order valence-corrected chi connectivity index (χ2v) is 7.72. The van der Waals surface area contributed by atoms with Gasteiger partial charge < -0.3 is 20.4 Å². The van der Waals surface area contributed by atoms with Crippen molar-refractivity contribution in [3.05, 3.63) is 35.6 Å². The first kappa shape index (κ1) is 14.5. The van der Waals surface area contributed by atoms with Crippen LogP contribution in [0.25, 0.3) is 0 Å². The van der Waals surface area contributed by atoms with Gasteiger partial charge in [0, 0.05) is 11.3 Å². The van der Waals surface area contributed by atoms with Crippen LogP contribution < -0.4 is 0 Å². The fourth-order valence-corrected chi connectivity index (χ4v) is 5.64. The van der Waals surface area contributed by atoms with Gasteiger partial charge in [-0.2, -0.15) is 0 Å². The predicted molar refractivity (Wildman–Crippen MR) is 81.9 cm³/mol. The summed E-state index contributed by atoms with van der Waals surface area (Å²) in [5, 5.41) is 40.7. The van der Waals surface area contributed by atoms with Crippen LogP contribution in [0.3, 0.4) is 0 Å². The number of aliphatic hydroxyl groups excluding tert-OH is 4. The summed E-state index contributed by atoms with van der Waals surface area (Å²) in [6, 6.07) is 0. The van der Waals surface area contributed by atoms with Gasteiger partial charge in [0.2, 0.25) is 0 Å². The molecule has 4 rings (SSSR count). The van der Waals surface area contributed by atoms with Gasteiger partial charge in [-0.15, -0.1) is 0 Å². The highest BCUT2D eigenvalue weighted by Gasteiger charge is 2.62. The fourth-order valence-electron chi connectivity index (χ4n) is 5.64. The third-order valence-electron chi connectivity index (χ3n) is 6.77. The van der Waals surface area contributed by atoms with Crippen molar-refractivity contribution < 1.29 is 20.4 Å². The lowest BCUT2D eigenvalue weighted by Gasteiger charge is -2.51. The topological polar surface area (TPSA) is 80.9 Å². The minimum atomic E-state index is -1.04. The maximum atomic E-state index is 10.5. The predicted octanol–water partition coefficient (Wildman–Crippen LogP) is 1.69. The molecule has 4 N–H and O–H groups in total. The standard InChI is InChI=1S/C18H24O4/c1-18-7-6-12-11-5-3-10(19)8-9(11)2-4-13(12)14(18)15(20)16(21)17(18)22/h2-3,5,8,11-17,19-22H,4,6-7H2,1H3/t11-,12+,13+,14+,15+,16+,17-,18-/m0/s1. The average molecular weight is 304 g/mol. The molecule has 0 radical (unpaired) electrons. The molecule has 22 heavy (non-hydrogen) atoms. The Bertz CT molecular complexity index is 578. The van der Waals surface area contributed by atoms with Crippen LogP contribution in [0.4, 0.5) is 0 Å². The second kappa shape index (κ2) is 4.70. The number of hydrogen-bond acceptors (Lipinski definition) is 4. The molecule has 2 fully saturated rings. The van der Waals surface area contributed by atoms with Crippen molar-refractivity contribution in [3.63, 3.8) is 0 Å². The van der Waals surface area contributed by atoms with Crippen LogP contribution in [0.5, 0.6) is 0 Å². The van der Waals surface area contributed by atoms with E-state index < -0.39 is 23.7 Å². The van der Waals surface area contributed by atoms with Gasteiger partial charge >= 0.3 is 0 Å². The van der Waals surface area contributed by atoms with Crippen molar-refractivity contribution in [2.45, 2.75) is 44.5 Å². The Morgan fingerprint density at radius 3 is 2.68 bits per heavy atom. The van der Waals surface area contributed by atoms with E-state index in [1.165, 1.54) is 5.57 Å². The van der Waals surface area contributed by atoms with Gasteiger partial charge in [0.15, 0.2) is 0 Å². The van der Waals surface area contributed by atoms with Crippen LogP contribution in [0, 0.1) is 29.1 Å². The van der Waals surface area contributed by atoms with Crippen molar-refractivity contribution in [1.29, 1.82) is 0 Å². The zero-order valence-corrected chi connectivity index (χ0v) is 12.8. The molecule has 0 amide bonds. The maximum Gasteiger partial charge on any atom is 0.115 e. The first-order valence-electron chi connectivity index (χ1n) is 8.26. The quantitative estimate of drug-likeness (QED) is 0.549. The molecule has 4 aliphatic rings. The fraction of sp³-hybridized carbons (Fsp3) is 0.667. The summed E-state index contributed by atoms with van der Waals surface area (Å²) in [5.41, 5.74) is 0.764. The van der Waals surface area contributed by atoms with Crippen LogP contribution in [-0.2, 0) is 0 Å². The highest BCUT2D eigenvalue weighted by atomic mass is 16.4. The Morgan fingerprint density at radius 2 is 1.91 bits per heavy atom. The van der Waals surface area contributed by atoms with Gasteiger partial charge in [0.1, 0.15) is 11.9 Å². The van der Waals surface area contributed by atoms with Gasteiger partial charge in [-0.25, -0.2) is 0 Å². The van der Waals surface area contributed by atoms with E-state index in [0.29, 0.717) is 11.7 Å². The van der Waals surface area contributed by atoms with Crippen LogP contribution in [0.15, 0.2) is 35.6 Å². The first-order chi connectivity index (χ1) is 10.4. The molecule has 4 heteroatoms. The lowest BCUT2D eigenvalue weighted by Crippen LogP contribution is -2.48. The van der Waals surface area contributed by atoms with Crippen molar-refractivity contribution in [2.24, 2.45) is 29.1 Å². The molecule has 0 aliphatic heterocycles. The van der Waals surface area contributed by atoms with E-state index in [2.05, 4.69) is 12.2 Å². The van der Waals surface area contributed by atoms with E-state index in [0.717, 1.165) is 19.3 Å². The zero-order valence-electron chi connectivity index (χ0n) is 12.8. The number of fused-ring (bicyclic) bond motifs is 5. The van der Waals surface area contributed by atoms with Crippen LogP contribution >= 0.6 is 0 Å². The maximum absolute atomic E-state index is 10.5. The lowest BCUT2D eigenvalue weighted by atomic mass is 9.53. The third-order valence-corrected chi connectivity index (χ3v) is 6.77. The van der Waals surface area contributed by atoms with Gasteiger partial charge in [-0.05, 0) is 54.7 Å². The summed E-state index contributed by atoms with van der Waals surface area (Å²) in [6.45, 7) is 2.01. The molecular weight excluding hydrogens is 280 g/mol. The molecule has 4 nitrogen and oxygen atoms in total. The molecule has 0 aromatic heterocycles. The van der Waals surface area contributed by atoms with E-state index in [4.69, 9.17) is 0 Å². The highest BCUT2D eigenvalue weighted by Crippen LogP contribution is 2.60. The van der Waals surface area contributed by atoms with Crippen LogP contribution in [0.1, 0.15) is 26.2 Å². The SMILES string of the molecule is C[C@]12CC[C@H]3[C@@H](CC=C4C=C(O)C=C[C@@H]43)[C@@H]1[C@@H](O)[C@@H](O)[C@@H]2O. The molecular formula is C18H24O4. The summed E-state index contributed by atoms with van der Waals surface area (Å²) >= 11 is 0. The molecule has 2 saturated carbocycles. The number of aliphatic hydroxyl groups is 4. The van der Waals surface area contributed by atoms with Crippen LogP contribution in [-0.4, -0.2) is 38.7 Å². The Morgan fingerprint density at radius 1 is 1.14 bits per heavy atom. The van der Waals surface area contributed by atoms with Gasteiger partial charge in [-0.1, -0.05) is 19.1 Å². The molecule has 4 aliphatic carbocycles. The molecule has 0 aromatic carbocycles. The number of hydrogen-bond donors (Lipinski definition) is 4.